The van der Waals surface area contributed by atoms with Crippen molar-refractivity contribution in [3.05, 3.63) is 47.2 Å². The molecule has 0 N–H and O–H groups in total. The van der Waals surface area contributed by atoms with Gasteiger partial charge in [-0.15, -0.1) is 0 Å². The molecule has 0 bridgehead atoms. The predicted octanol–water partition coefficient (Wildman–Crippen LogP) is 4.48. The van der Waals surface area contributed by atoms with Crippen molar-refractivity contribution in [3.8, 4) is 11.9 Å². The maximum absolute atomic E-state index is 9.21. The van der Waals surface area contributed by atoms with Crippen LogP contribution in [-0.2, 0) is 19.6 Å². The number of rotatable bonds is 7. The van der Waals surface area contributed by atoms with Gasteiger partial charge in [-0.1, -0.05) is 44.4 Å². The Bertz CT molecular complexity index is 708. The Labute approximate surface area is 144 Å². The Morgan fingerprint density at radius 2 is 2.08 bits per heavy atom. The third-order valence-corrected chi connectivity index (χ3v) is 4.72. The highest BCUT2D eigenvalue weighted by atomic mass is 16.5. The molecule has 126 valence electrons. The molecule has 0 spiro atoms. The summed E-state index contributed by atoms with van der Waals surface area (Å²) in [6.45, 7) is 3.52. The van der Waals surface area contributed by atoms with Crippen LogP contribution in [0.5, 0.6) is 5.88 Å². The summed E-state index contributed by atoms with van der Waals surface area (Å²) >= 11 is 0. The second-order valence-electron chi connectivity index (χ2n) is 6.61. The van der Waals surface area contributed by atoms with Crippen LogP contribution in [0.4, 0.5) is 0 Å². The average Bonchev–Trinajstić information content (AvgIpc) is 3.24. The zero-order chi connectivity index (χ0) is 16.8. The van der Waals surface area contributed by atoms with E-state index >= 15 is 0 Å². The molecule has 2 aromatic rings. The second kappa shape index (κ2) is 8.01. The summed E-state index contributed by atoms with van der Waals surface area (Å²) in [5.74, 6) is 1.55. The molecule has 1 aliphatic rings. The molecule has 4 heteroatoms. The van der Waals surface area contributed by atoms with Gasteiger partial charge < -0.3 is 4.74 Å². The minimum atomic E-state index is 0.408. The van der Waals surface area contributed by atoms with Gasteiger partial charge in [0.2, 0.25) is 5.88 Å². The number of nitrogens with zero attached hydrogens (tertiary/aromatic N) is 3. The van der Waals surface area contributed by atoms with Gasteiger partial charge in [0.15, 0.2) is 0 Å². The quantitative estimate of drug-likeness (QED) is 0.755. The van der Waals surface area contributed by atoms with Crippen LogP contribution >= 0.6 is 0 Å². The minimum absolute atomic E-state index is 0.408. The fourth-order valence-corrected chi connectivity index (χ4v) is 3.42. The average molecular weight is 323 g/mol. The number of aromatic nitrogens is 2. The van der Waals surface area contributed by atoms with Crippen molar-refractivity contribution in [2.24, 2.45) is 5.92 Å². The van der Waals surface area contributed by atoms with Gasteiger partial charge in [0.25, 0.3) is 0 Å². The van der Waals surface area contributed by atoms with Crippen molar-refractivity contribution < 1.29 is 4.74 Å². The Hall–Kier alpha value is -2.28. The fraction of sp³-hybridized carbons (Fsp3) is 0.500. The van der Waals surface area contributed by atoms with E-state index in [0.717, 1.165) is 36.5 Å². The van der Waals surface area contributed by atoms with Crippen LogP contribution in [0, 0.1) is 17.2 Å². The van der Waals surface area contributed by atoms with Crippen LogP contribution in [-0.4, -0.2) is 9.78 Å². The van der Waals surface area contributed by atoms with E-state index in [0.29, 0.717) is 18.1 Å². The maximum Gasteiger partial charge on any atom is 0.212 e. The number of ether oxygens (including phenoxy) is 1. The number of hydrogen-bond acceptors (Lipinski definition) is 3. The number of benzene rings is 1. The lowest BCUT2D eigenvalue weighted by Gasteiger charge is -2.13. The van der Waals surface area contributed by atoms with Crippen LogP contribution in [0.1, 0.15) is 55.8 Å². The summed E-state index contributed by atoms with van der Waals surface area (Å²) in [6, 6.07) is 11.9. The van der Waals surface area contributed by atoms with Gasteiger partial charge in [-0.2, -0.15) is 10.4 Å². The van der Waals surface area contributed by atoms with Gasteiger partial charge in [0.05, 0.1) is 17.3 Å². The van der Waals surface area contributed by atoms with E-state index in [4.69, 9.17) is 9.84 Å². The normalized spacial score (nSPS) is 14.7. The molecular formula is C20H25N3O. The molecule has 0 amide bonds. The molecule has 1 aromatic heterocycles. The predicted molar refractivity (Wildman–Crippen MR) is 93.7 cm³/mol. The van der Waals surface area contributed by atoms with Crippen molar-refractivity contribution in [3.63, 3.8) is 0 Å². The van der Waals surface area contributed by atoms with Crippen molar-refractivity contribution >= 4 is 0 Å². The highest BCUT2D eigenvalue weighted by Crippen LogP contribution is 2.28. The highest BCUT2D eigenvalue weighted by molar-refractivity contribution is 5.37. The second-order valence-corrected chi connectivity index (χ2v) is 6.61. The van der Waals surface area contributed by atoms with E-state index in [1.54, 1.807) is 0 Å². The molecular weight excluding hydrogens is 298 g/mol. The molecule has 1 aromatic carbocycles. The minimum Gasteiger partial charge on any atom is -0.473 e. The summed E-state index contributed by atoms with van der Waals surface area (Å²) in [5, 5.41) is 14.0. The third-order valence-electron chi connectivity index (χ3n) is 4.72. The molecule has 24 heavy (non-hydrogen) atoms. The molecule has 4 nitrogen and oxygen atoms in total. The fourth-order valence-electron chi connectivity index (χ4n) is 3.42. The molecule has 1 aliphatic carbocycles. The molecule has 1 heterocycles. The van der Waals surface area contributed by atoms with Gasteiger partial charge >= 0.3 is 0 Å². The summed E-state index contributed by atoms with van der Waals surface area (Å²) < 4.78 is 8.09. The maximum atomic E-state index is 9.21. The third kappa shape index (κ3) is 3.97. The standard InChI is InChI=1S/C20H25N3O/c1-2-7-19-12-20(23(22-19)14-16-8-3-4-9-16)24-15-18-11-6-5-10-17(18)13-21/h5-6,10-12,16H,2-4,7-9,14-15H2,1H3. The van der Waals surface area contributed by atoms with Crippen LogP contribution in [0.15, 0.2) is 30.3 Å². The molecule has 0 atom stereocenters. The van der Waals surface area contributed by atoms with Gasteiger partial charge in [0, 0.05) is 18.2 Å². The van der Waals surface area contributed by atoms with Gasteiger partial charge in [-0.25, -0.2) is 4.68 Å². The number of hydrogen-bond donors (Lipinski definition) is 0. The van der Waals surface area contributed by atoms with E-state index in [2.05, 4.69) is 19.1 Å². The van der Waals surface area contributed by atoms with Gasteiger partial charge in [0.1, 0.15) is 6.61 Å². The van der Waals surface area contributed by atoms with Crippen LogP contribution in [0.3, 0.4) is 0 Å². The van der Waals surface area contributed by atoms with Crippen LogP contribution in [0.2, 0.25) is 0 Å². The summed E-state index contributed by atoms with van der Waals surface area (Å²) in [4.78, 5) is 0. The van der Waals surface area contributed by atoms with Crippen molar-refractivity contribution in [1.29, 1.82) is 5.26 Å². The Morgan fingerprint density at radius 3 is 2.83 bits per heavy atom. The van der Waals surface area contributed by atoms with Gasteiger partial charge in [-0.3, -0.25) is 0 Å². The highest BCUT2D eigenvalue weighted by Gasteiger charge is 2.19. The molecule has 1 fully saturated rings. The Morgan fingerprint density at radius 1 is 1.29 bits per heavy atom. The molecule has 0 saturated heterocycles. The monoisotopic (exact) mass is 323 g/mol. The van der Waals surface area contributed by atoms with E-state index in [1.807, 2.05) is 28.9 Å². The van der Waals surface area contributed by atoms with Crippen molar-refractivity contribution in [2.45, 2.75) is 58.6 Å². The number of nitriles is 1. The molecule has 1 saturated carbocycles. The Balaban J connectivity index is 1.74. The van der Waals surface area contributed by atoms with Gasteiger partial charge in [-0.05, 0) is 31.2 Å². The SMILES string of the molecule is CCCc1cc(OCc2ccccc2C#N)n(CC2CCCC2)n1. The summed E-state index contributed by atoms with van der Waals surface area (Å²) in [7, 11) is 0. The first-order valence-electron chi connectivity index (χ1n) is 8.97. The van der Waals surface area contributed by atoms with E-state index in [-0.39, 0.29) is 0 Å². The molecule has 0 unspecified atom stereocenters. The lowest BCUT2D eigenvalue weighted by atomic mass is 10.1. The lowest BCUT2D eigenvalue weighted by molar-refractivity contribution is 0.261. The van der Waals surface area contributed by atoms with Crippen LogP contribution < -0.4 is 4.74 Å². The van der Waals surface area contributed by atoms with E-state index in [9.17, 15) is 5.26 Å². The van der Waals surface area contributed by atoms with Crippen molar-refractivity contribution in [1.82, 2.24) is 9.78 Å². The van der Waals surface area contributed by atoms with Crippen LogP contribution in [0.25, 0.3) is 0 Å². The lowest BCUT2D eigenvalue weighted by Crippen LogP contribution is -2.11. The zero-order valence-electron chi connectivity index (χ0n) is 14.4. The number of aryl methyl sites for hydroxylation is 1. The van der Waals surface area contributed by atoms with E-state index in [1.165, 1.54) is 25.7 Å². The topological polar surface area (TPSA) is 50.8 Å². The zero-order valence-corrected chi connectivity index (χ0v) is 14.4. The molecule has 0 aliphatic heterocycles. The first kappa shape index (κ1) is 16.6. The van der Waals surface area contributed by atoms with Crippen molar-refractivity contribution in [2.75, 3.05) is 0 Å². The van der Waals surface area contributed by atoms with E-state index < -0.39 is 0 Å². The smallest absolute Gasteiger partial charge is 0.212 e. The largest absolute Gasteiger partial charge is 0.473 e. The first-order valence-corrected chi connectivity index (χ1v) is 8.97. The molecule has 3 rings (SSSR count). The molecule has 0 radical (unpaired) electrons. The summed E-state index contributed by atoms with van der Waals surface area (Å²) in [5.41, 5.74) is 2.69. The summed E-state index contributed by atoms with van der Waals surface area (Å²) in [6.07, 6.45) is 7.30. The first-order chi connectivity index (χ1) is 11.8. The Kier molecular flexibility index (Phi) is 5.53.